The number of hydrogen-bond acceptors (Lipinski definition) is 5. The highest BCUT2D eigenvalue weighted by molar-refractivity contribution is 5.92. The maximum Gasteiger partial charge on any atom is 0.270 e. The third kappa shape index (κ3) is 4.67. The molecule has 0 aliphatic rings. The molecule has 0 aliphatic heterocycles. The van der Waals surface area contributed by atoms with Gasteiger partial charge in [0.15, 0.2) is 0 Å². The van der Waals surface area contributed by atoms with Crippen LogP contribution in [0.3, 0.4) is 0 Å². The molecule has 1 aromatic rings. The molecule has 1 unspecified atom stereocenters. The van der Waals surface area contributed by atoms with Gasteiger partial charge in [-0.05, 0) is 13.3 Å². The summed E-state index contributed by atoms with van der Waals surface area (Å²) in [5.41, 5.74) is 0.366. The zero-order valence-corrected chi connectivity index (χ0v) is 11.1. The molecule has 0 radical (unpaired) electrons. The van der Waals surface area contributed by atoms with Crippen LogP contribution in [-0.4, -0.2) is 42.2 Å². The predicted octanol–water partition coefficient (Wildman–Crippen LogP) is 1.06. The Morgan fingerprint density at radius 3 is 2.94 bits per heavy atom. The average Bonchev–Trinajstić information content (AvgIpc) is 2.39. The highest BCUT2D eigenvalue weighted by Gasteiger charge is 2.10. The molecule has 0 spiro atoms. The molecule has 0 saturated heterocycles. The summed E-state index contributed by atoms with van der Waals surface area (Å²) in [7, 11) is 1.63. The first kappa shape index (κ1) is 14.4. The van der Waals surface area contributed by atoms with Gasteiger partial charge in [-0.3, -0.25) is 4.79 Å². The lowest BCUT2D eigenvalue weighted by Crippen LogP contribution is -2.32. The molecule has 2 N–H and O–H groups in total. The predicted molar refractivity (Wildman–Crippen MR) is 69.6 cm³/mol. The number of amides is 1. The van der Waals surface area contributed by atoms with Crippen molar-refractivity contribution in [2.75, 3.05) is 25.6 Å². The van der Waals surface area contributed by atoms with E-state index in [9.17, 15) is 4.79 Å². The van der Waals surface area contributed by atoms with Gasteiger partial charge in [0.1, 0.15) is 17.8 Å². The van der Waals surface area contributed by atoms with Crippen molar-refractivity contribution in [1.29, 1.82) is 0 Å². The van der Waals surface area contributed by atoms with Crippen LogP contribution in [0.1, 0.15) is 30.8 Å². The molecule has 0 aliphatic carbocycles. The van der Waals surface area contributed by atoms with Gasteiger partial charge in [-0.25, -0.2) is 9.97 Å². The van der Waals surface area contributed by atoms with E-state index in [1.54, 1.807) is 13.2 Å². The molecule has 0 bridgehead atoms. The van der Waals surface area contributed by atoms with Crippen molar-refractivity contribution in [3.05, 3.63) is 18.1 Å². The van der Waals surface area contributed by atoms with E-state index in [4.69, 9.17) is 4.74 Å². The van der Waals surface area contributed by atoms with Crippen LogP contribution in [0.5, 0.6) is 0 Å². The molecule has 6 nitrogen and oxygen atoms in total. The number of nitrogens with zero attached hydrogens (tertiary/aromatic N) is 2. The molecule has 1 heterocycles. The normalized spacial score (nSPS) is 11.9. The standard InChI is InChI=1S/C12H20N4O2/c1-4-9(2)16-12(17)10-7-11(15-8-14-10)13-5-6-18-3/h7-9H,4-6H2,1-3H3,(H,16,17)(H,13,14,15). The number of nitrogens with one attached hydrogen (secondary N) is 2. The second kappa shape index (κ2) is 7.60. The number of hydrogen-bond donors (Lipinski definition) is 2. The van der Waals surface area contributed by atoms with Crippen LogP contribution in [0.2, 0.25) is 0 Å². The number of carbonyl (C=O) groups excluding carboxylic acids is 1. The van der Waals surface area contributed by atoms with E-state index in [1.165, 1.54) is 6.33 Å². The maximum atomic E-state index is 11.8. The molecule has 1 atom stereocenters. The molecule has 1 aromatic heterocycles. The van der Waals surface area contributed by atoms with Crippen molar-refractivity contribution >= 4 is 11.7 Å². The Hall–Kier alpha value is -1.69. The monoisotopic (exact) mass is 252 g/mol. The Bertz CT molecular complexity index is 384. The summed E-state index contributed by atoms with van der Waals surface area (Å²) < 4.78 is 4.92. The highest BCUT2D eigenvalue weighted by atomic mass is 16.5. The van der Waals surface area contributed by atoms with Crippen LogP contribution >= 0.6 is 0 Å². The molecule has 18 heavy (non-hydrogen) atoms. The van der Waals surface area contributed by atoms with Gasteiger partial charge < -0.3 is 15.4 Å². The molecule has 1 amide bonds. The van der Waals surface area contributed by atoms with Gasteiger partial charge in [-0.15, -0.1) is 0 Å². The molecule has 0 saturated carbocycles. The summed E-state index contributed by atoms with van der Waals surface area (Å²) in [6.07, 6.45) is 2.26. The maximum absolute atomic E-state index is 11.8. The van der Waals surface area contributed by atoms with Gasteiger partial charge in [0.2, 0.25) is 0 Å². The number of rotatable bonds is 7. The third-order valence-corrected chi connectivity index (χ3v) is 2.50. The van der Waals surface area contributed by atoms with E-state index < -0.39 is 0 Å². The van der Waals surface area contributed by atoms with Gasteiger partial charge >= 0.3 is 0 Å². The van der Waals surface area contributed by atoms with Crippen molar-refractivity contribution in [2.45, 2.75) is 26.3 Å². The molecular weight excluding hydrogens is 232 g/mol. The van der Waals surface area contributed by atoms with Crippen LogP contribution in [0.15, 0.2) is 12.4 Å². The number of anilines is 1. The van der Waals surface area contributed by atoms with Crippen molar-refractivity contribution in [1.82, 2.24) is 15.3 Å². The minimum absolute atomic E-state index is 0.136. The van der Waals surface area contributed by atoms with Gasteiger partial charge in [-0.2, -0.15) is 0 Å². The van der Waals surface area contributed by atoms with E-state index in [2.05, 4.69) is 20.6 Å². The van der Waals surface area contributed by atoms with Crippen molar-refractivity contribution < 1.29 is 9.53 Å². The van der Waals surface area contributed by atoms with Crippen molar-refractivity contribution in [3.63, 3.8) is 0 Å². The Morgan fingerprint density at radius 1 is 1.50 bits per heavy atom. The summed E-state index contributed by atoms with van der Waals surface area (Å²) in [6, 6.07) is 1.77. The number of aromatic nitrogens is 2. The van der Waals surface area contributed by atoms with Crippen molar-refractivity contribution in [2.24, 2.45) is 0 Å². The van der Waals surface area contributed by atoms with E-state index in [0.29, 0.717) is 24.7 Å². The van der Waals surface area contributed by atoms with Crippen LogP contribution in [0, 0.1) is 0 Å². The van der Waals surface area contributed by atoms with Crippen LogP contribution < -0.4 is 10.6 Å². The van der Waals surface area contributed by atoms with Gasteiger partial charge in [0.05, 0.1) is 6.61 Å². The van der Waals surface area contributed by atoms with Gasteiger partial charge in [0.25, 0.3) is 5.91 Å². The van der Waals surface area contributed by atoms with Crippen molar-refractivity contribution in [3.8, 4) is 0 Å². The zero-order valence-electron chi connectivity index (χ0n) is 11.1. The Morgan fingerprint density at radius 2 is 2.28 bits per heavy atom. The van der Waals surface area contributed by atoms with E-state index in [0.717, 1.165) is 6.42 Å². The van der Waals surface area contributed by atoms with Gasteiger partial charge in [0, 0.05) is 25.8 Å². The van der Waals surface area contributed by atoms with E-state index in [1.807, 2.05) is 13.8 Å². The number of ether oxygens (including phenoxy) is 1. The summed E-state index contributed by atoms with van der Waals surface area (Å²) in [5.74, 6) is 0.442. The first-order valence-corrected chi connectivity index (χ1v) is 6.03. The van der Waals surface area contributed by atoms with Gasteiger partial charge in [-0.1, -0.05) is 6.92 Å². The summed E-state index contributed by atoms with van der Waals surface area (Å²) in [4.78, 5) is 19.8. The lowest BCUT2D eigenvalue weighted by atomic mass is 10.2. The van der Waals surface area contributed by atoms with Crippen LogP contribution in [0.4, 0.5) is 5.82 Å². The SMILES string of the molecule is CCC(C)NC(=O)c1cc(NCCOC)ncn1. The molecule has 100 valence electrons. The molecule has 1 rings (SSSR count). The Labute approximate surface area is 107 Å². The summed E-state index contributed by atoms with van der Waals surface area (Å²) >= 11 is 0. The first-order valence-electron chi connectivity index (χ1n) is 6.03. The minimum Gasteiger partial charge on any atom is -0.383 e. The third-order valence-electron chi connectivity index (χ3n) is 2.50. The largest absolute Gasteiger partial charge is 0.383 e. The minimum atomic E-state index is -0.179. The van der Waals surface area contributed by atoms with Crippen LogP contribution in [-0.2, 0) is 4.74 Å². The molecule has 0 aromatic carbocycles. The average molecular weight is 252 g/mol. The Kier molecular flexibility index (Phi) is 6.07. The molecule has 6 heteroatoms. The smallest absolute Gasteiger partial charge is 0.270 e. The number of carbonyl (C=O) groups is 1. The highest BCUT2D eigenvalue weighted by Crippen LogP contribution is 2.04. The quantitative estimate of drug-likeness (QED) is 0.710. The second-order valence-corrected chi connectivity index (χ2v) is 3.99. The number of methoxy groups -OCH3 is 1. The topological polar surface area (TPSA) is 76.1 Å². The van der Waals surface area contributed by atoms with Crippen LogP contribution in [0.25, 0.3) is 0 Å². The Balaban J connectivity index is 2.60. The summed E-state index contributed by atoms with van der Waals surface area (Å²) in [5, 5.41) is 5.91. The van der Waals surface area contributed by atoms with E-state index >= 15 is 0 Å². The fraction of sp³-hybridized carbons (Fsp3) is 0.583. The molecule has 0 fully saturated rings. The molecular formula is C12H20N4O2. The summed E-state index contributed by atoms with van der Waals surface area (Å²) in [6.45, 7) is 5.19. The van der Waals surface area contributed by atoms with E-state index in [-0.39, 0.29) is 11.9 Å². The lowest BCUT2D eigenvalue weighted by molar-refractivity contribution is 0.0934. The fourth-order valence-corrected chi connectivity index (χ4v) is 1.26. The zero-order chi connectivity index (χ0) is 13.4. The first-order chi connectivity index (χ1) is 8.67. The second-order valence-electron chi connectivity index (χ2n) is 3.99. The lowest BCUT2D eigenvalue weighted by Gasteiger charge is -2.11. The fourth-order valence-electron chi connectivity index (χ4n) is 1.26.